The van der Waals surface area contributed by atoms with Gasteiger partial charge in [0.05, 0.1) is 10.6 Å². The molecule has 3 N–H and O–H groups in total. The number of halogens is 1. The fourth-order valence-electron chi connectivity index (χ4n) is 2.28. The van der Waals surface area contributed by atoms with Crippen LogP contribution in [0.5, 0.6) is 0 Å². The second-order valence-electron chi connectivity index (χ2n) is 4.81. The number of aromatic nitrogens is 1. The van der Waals surface area contributed by atoms with Crippen LogP contribution >= 0.6 is 11.3 Å². The van der Waals surface area contributed by atoms with Crippen molar-refractivity contribution >= 4 is 26.5 Å². The van der Waals surface area contributed by atoms with E-state index in [1.807, 2.05) is 0 Å². The van der Waals surface area contributed by atoms with Gasteiger partial charge in [-0.3, -0.25) is 4.72 Å². The lowest BCUT2D eigenvalue weighted by Crippen LogP contribution is -2.14. The Morgan fingerprint density at radius 2 is 2.19 bits per heavy atom. The summed E-state index contributed by atoms with van der Waals surface area (Å²) in [5, 5.41) is 0.360. The number of nitrogens with two attached hydrogens (primary N) is 1. The van der Waals surface area contributed by atoms with E-state index in [9.17, 15) is 12.8 Å². The third-order valence-electron chi connectivity index (χ3n) is 3.36. The molecule has 3 rings (SSSR count). The minimum absolute atomic E-state index is 0.0142. The van der Waals surface area contributed by atoms with Gasteiger partial charge in [0.25, 0.3) is 10.0 Å². The summed E-state index contributed by atoms with van der Waals surface area (Å²) >= 11 is 1.36. The van der Waals surface area contributed by atoms with Crippen molar-refractivity contribution in [2.45, 2.75) is 30.7 Å². The fraction of sp³-hybridized carbons (Fsp3) is 0.308. The summed E-state index contributed by atoms with van der Waals surface area (Å²) in [5.74, 6) is -0.510. The molecule has 0 spiro atoms. The minimum atomic E-state index is -3.77. The summed E-state index contributed by atoms with van der Waals surface area (Å²) in [5.41, 5.74) is 6.54. The Morgan fingerprint density at radius 3 is 2.90 bits per heavy atom. The molecule has 1 aromatic carbocycles. The van der Waals surface area contributed by atoms with Gasteiger partial charge in [-0.15, -0.1) is 11.3 Å². The first-order chi connectivity index (χ1) is 9.99. The van der Waals surface area contributed by atoms with Crippen LogP contribution < -0.4 is 10.5 Å². The number of aryl methyl sites for hydroxylation is 2. The van der Waals surface area contributed by atoms with Gasteiger partial charge in [0, 0.05) is 17.0 Å². The monoisotopic (exact) mass is 327 g/mol. The molecule has 0 fully saturated rings. The van der Waals surface area contributed by atoms with Crippen LogP contribution in [0.2, 0.25) is 0 Å². The molecule has 21 heavy (non-hydrogen) atoms. The molecule has 1 aliphatic rings. The Morgan fingerprint density at radius 1 is 1.38 bits per heavy atom. The molecule has 0 atom stereocenters. The highest BCUT2D eigenvalue weighted by atomic mass is 32.2. The maximum absolute atomic E-state index is 13.4. The molecule has 112 valence electrons. The van der Waals surface area contributed by atoms with Crippen LogP contribution in [0.3, 0.4) is 0 Å². The average molecular weight is 327 g/mol. The van der Waals surface area contributed by atoms with Crippen molar-refractivity contribution in [1.29, 1.82) is 0 Å². The highest BCUT2D eigenvalue weighted by Crippen LogP contribution is 2.31. The molecule has 0 radical (unpaired) electrons. The molecule has 1 aromatic heterocycles. The second kappa shape index (κ2) is 5.36. The molecule has 0 saturated carbocycles. The zero-order chi connectivity index (χ0) is 15.0. The quantitative estimate of drug-likeness (QED) is 0.900. The first-order valence-electron chi connectivity index (χ1n) is 6.49. The summed E-state index contributed by atoms with van der Waals surface area (Å²) < 4.78 is 40.4. The molecule has 0 amide bonds. The van der Waals surface area contributed by atoms with Gasteiger partial charge in [0.1, 0.15) is 5.82 Å². The third kappa shape index (κ3) is 2.78. The molecule has 5 nitrogen and oxygen atoms in total. The first-order valence-corrected chi connectivity index (χ1v) is 8.79. The molecule has 8 heteroatoms. The minimum Gasteiger partial charge on any atom is -0.326 e. The van der Waals surface area contributed by atoms with Gasteiger partial charge in [-0.25, -0.2) is 17.8 Å². The van der Waals surface area contributed by atoms with Crippen LogP contribution in [0.4, 0.5) is 9.52 Å². The average Bonchev–Trinajstić information content (AvgIpc) is 2.99. The van der Waals surface area contributed by atoms with Crippen molar-refractivity contribution < 1.29 is 12.8 Å². The molecule has 0 bridgehead atoms. The van der Waals surface area contributed by atoms with E-state index in [4.69, 9.17) is 5.73 Å². The predicted molar refractivity (Wildman–Crippen MR) is 79.2 cm³/mol. The Hall–Kier alpha value is -1.51. The van der Waals surface area contributed by atoms with Crippen molar-refractivity contribution in [2.24, 2.45) is 5.73 Å². The Balaban J connectivity index is 1.89. The number of anilines is 1. The normalized spacial score (nSPS) is 14.2. The molecule has 0 unspecified atom stereocenters. The standard InChI is InChI=1S/C13H14FN3O2S2/c14-10-5-4-9(6-8(10)7-15)21(18,19)17-13-16-11-2-1-3-12(11)20-13/h4-6H,1-3,7,15H2,(H,16,17). The van der Waals surface area contributed by atoms with E-state index in [0.717, 1.165) is 35.9 Å². The summed E-state index contributed by atoms with van der Waals surface area (Å²) in [6.45, 7) is -0.0548. The number of sulfonamides is 1. The van der Waals surface area contributed by atoms with Crippen LogP contribution in [0.1, 0.15) is 22.6 Å². The Kier molecular flexibility index (Phi) is 3.68. The highest BCUT2D eigenvalue weighted by Gasteiger charge is 2.21. The fourth-order valence-corrected chi connectivity index (χ4v) is 4.62. The van der Waals surface area contributed by atoms with Gasteiger partial charge in [0.2, 0.25) is 0 Å². The molecule has 1 aliphatic carbocycles. The van der Waals surface area contributed by atoms with Crippen LogP contribution in [0.25, 0.3) is 0 Å². The first kappa shape index (κ1) is 14.4. The highest BCUT2D eigenvalue weighted by molar-refractivity contribution is 7.93. The number of fused-ring (bicyclic) bond motifs is 1. The smallest absolute Gasteiger partial charge is 0.263 e. The van der Waals surface area contributed by atoms with E-state index in [2.05, 4.69) is 9.71 Å². The van der Waals surface area contributed by atoms with E-state index < -0.39 is 15.8 Å². The van der Waals surface area contributed by atoms with E-state index in [1.54, 1.807) is 0 Å². The van der Waals surface area contributed by atoms with Gasteiger partial charge in [-0.2, -0.15) is 0 Å². The summed E-state index contributed by atoms with van der Waals surface area (Å²) in [6.07, 6.45) is 2.91. The van der Waals surface area contributed by atoms with Crippen molar-refractivity contribution in [2.75, 3.05) is 4.72 Å². The van der Waals surface area contributed by atoms with E-state index in [0.29, 0.717) is 5.13 Å². The van der Waals surface area contributed by atoms with E-state index >= 15 is 0 Å². The number of thiazole rings is 1. The zero-order valence-corrected chi connectivity index (χ0v) is 12.7. The van der Waals surface area contributed by atoms with Gasteiger partial charge >= 0.3 is 0 Å². The van der Waals surface area contributed by atoms with E-state index in [1.165, 1.54) is 23.5 Å². The maximum atomic E-state index is 13.4. The third-order valence-corrected chi connectivity index (χ3v) is 5.90. The van der Waals surface area contributed by atoms with Crippen LogP contribution in [-0.2, 0) is 29.4 Å². The summed E-state index contributed by atoms with van der Waals surface area (Å²) in [4.78, 5) is 5.41. The SMILES string of the molecule is NCc1cc(S(=O)(=O)Nc2nc3c(s2)CCC3)ccc1F. The van der Waals surface area contributed by atoms with Gasteiger partial charge in [0.15, 0.2) is 5.13 Å². The lowest BCUT2D eigenvalue weighted by Gasteiger charge is -2.07. The molecule has 1 heterocycles. The maximum Gasteiger partial charge on any atom is 0.263 e. The summed E-state index contributed by atoms with van der Waals surface area (Å²) in [6, 6.07) is 3.58. The number of hydrogen-bond donors (Lipinski definition) is 2. The van der Waals surface area contributed by atoms with Crippen LogP contribution in [0, 0.1) is 5.82 Å². The molecular formula is C13H14FN3O2S2. The Labute approximate surface area is 126 Å². The van der Waals surface area contributed by atoms with Crippen LogP contribution in [0.15, 0.2) is 23.1 Å². The van der Waals surface area contributed by atoms with Crippen LogP contribution in [-0.4, -0.2) is 13.4 Å². The van der Waals surface area contributed by atoms with Crippen molar-refractivity contribution in [3.8, 4) is 0 Å². The zero-order valence-electron chi connectivity index (χ0n) is 11.1. The lowest BCUT2D eigenvalue weighted by atomic mass is 10.2. The van der Waals surface area contributed by atoms with Crippen molar-refractivity contribution in [3.05, 3.63) is 40.2 Å². The number of nitrogens with zero attached hydrogens (tertiary/aromatic N) is 1. The van der Waals surface area contributed by atoms with Gasteiger partial charge in [-0.05, 0) is 37.5 Å². The number of nitrogens with one attached hydrogen (secondary N) is 1. The van der Waals surface area contributed by atoms with E-state index in [-0.39, 0.29) is 17.0 Å². The lowest BCUT2D eigenvalue weighted by molar-refractivity contribution is 0.596. The number of hydrogen-bond acceptors (Lipinski definition) is 5. The molecule has 0 aliphatic heterocycles. The second-order valence-corrected chi connectivity index (χ2v) is 7.57. The van der Waals surface area contributed by atoms with Gasteiger partial charge < -0.3 is 5.73 Å². The molecule has 2 aromatic rings. The van der Waals surface area contributed by atoms with Gasteiger partial charge in [-0.1, -0.05) is 0 Å². The molecule has 0 saturated heterocycles. The Bertz CT molecular complexity index is 765. The largest absolute Gasteiger partial charge is 0.326 e. The number of rotatable bonds is 4. The summed E-state index contributed by atoms with van der Waals surface area (Å²) in [7, 11) is -3.77. The van der Waals surface area contributed by atoms with Crippen molar-refractivity contribution in [1.82, 2.24) is 4.98 Å². The topological polar surface area (TPSA) is 85.1 Å². The molecular weight excluding hydrogens is 313 g/mol. The number of benzene rings is 1. The predicted octanol–water partition coefficient (Wildman–Crippen LogP) is 2.03. The van der Waals surface area contributed by atoms with Crippen molar-refractivity contribution in [3.63, 3.8) is 0 Å².